The quantitative estimate of drug-likeness (QED) is 0.618. The van der Waals surface area contributed by atoms with Gasteiger partial charge in [0.05, 0.1) is 22.9 Å². The number of hydrogen-bond donors (Lipinski definition) is 1. The van der Waals surface area contributed by atoms with E-state index in [1.807, 2.05) is 30.5 Å². The summed E-state index contributed by atoms with van der Waals surface area (Å²) in [7, 11) is 1.64. The fraction of sp³-hybridized carbons (Fsp3) is 0.0526. The number of anilines is 1. The molecule has 0 aliphatic carbocycles. The number of fused-ring (bicyclic) bond motifs is 1. The lowest BCUT2D eigenvalue weighted by Gasteiger charge is -2.08. The fourth-order valence-electron chi connectivity index (χ4n) is 2.70. The first-order valence-electron chi connectivity index (χ1n) is 7.99. The highest BCUT2D eigenvalue weighted by Crippen LogP contribution is 2.16. The van der Waals surface area contributed by atoms with Crippen LogP contribution in [0.15, 0.2) is 72.0 Å². The second-order valence-corrected chi connectivity index (χ2v) is 5.85. The minimum Gasteiger partial charge on any atom is -0.322 e. The number of hydrogen-bond acceptors (Lipinski definition) is 4. The normalized spacial score (nSPS) is 10.8. The monoisotopic (exact) mass is 345 g/mol. The van der Waals surface area contributed by atoms with Crippen LogP contribution in [0.4, 0.5) is 5.69 Å². The predicted octanol–water partition coefficient (Wildman–Crippen LogP) is 2.37. The second-order valence-electron chi connectivity index (χ2n) is 5.85. The molecular formula is C19H15N5O2. The highest BCUT2D eigenvalue weighted by molar-refractivity contribution is 6.06. The number of aromatic nitrogens is 4. The molecule has 2 heterocycles. The van der Waals surface area contributed by atoms with Gasteiger partial charge < -0.3 is 9.88 Å². The lowest BCUT2D eigenvalue weighted by molar-refractivity contribution is 0.102. The molecule has 0 radical (unpaired) electrons. The van der Waals surface area contributed by atoms with E-state index in [0.29, 0.717) is 22.2 Å². The highest BCUT2D eigenvalue weighted by Gasteiger charge is 2.10. The van der Waals surface area contributed by atoms with Crippen LogP contribution in [-0.2, 0) is 7.05 Å². The minimum atomic E-state index is -0.271. The number of carbonyl (C=O) groups is 1. The van der Waals surface area contributed by atoms with Gasteiger partial charge in [-0.3, -0.25) is 9.59 Å². The lowest BCUT2D eigenvalue weighted by atomic mass is 10.1. The third-order valence-electron chi connectivity index (χ3n) is 4.05. The van der Waals surface area contributed by atoms with Crippen molar-refractivity contribution >= 4 is 22.5 Å². The van der Waals surface area contributed by atoms with Gasteiger partial charge in [0.25, 0.3) is 11.5 Å². The summed E-state index contributed by atoms with van der Waals surface area (Å²) in [6.45, 7) is 0. The highest BCUT2D eigenvalue weighted by atomic mass is 16.1. The minimum absolute atomic E-state index is 0.145. The van der Waals surface area contributed by atoms with Crippen LogP contribution in [0.2, 0.25) is 0 Å². The van der Waals surface area contributed by atoms with E-state index in [1.54, 1.807) is 42.2 Å². The number of benzene rings is 2. The average molecular weight is 345 g/mol. The van der Waals surface area contributed by atoms with E-state index >= 15 is 0 Å². The van der Waals surface area contributed by atoms with E-state index in [9.17, 15) is 9.59 Å². The molecule has 4 aromatic rings. The van der Waals surface area contributed by atoms with Crippen molar-refractivity contribution in [3.63, 3.8) is 0 Å². The molecule has 0 atom stereocenters. The van der Waals surface area contributed by atoms with E-state index < -0.39 is 0 Å². The molecule has 0 aliphatic heterocycles. The molecule has 128 valence electrons. The fourth-order valence-corrected chi connectivity index (χ4v) is 2.70. The first kappa shape index (κ1) is 15.8. The van der Waals surface area contributed by atoms with Crippen molar-refractivity contribution < 1.29 is 4.79 Å². The Morgan fingerprint density at radius 3 is 2.81 bits per heavy atom. The lowest BCUT2D eigenvalue weighted by Crippen LogP contribution is -2.18. The number of nitrogens with one attached hydrogen (secondary N) is 1. The van der Waals surface area contributed by atoms with Gasteiger partial charge in [-0.15, -0.1) is 0 Å². The van der Waals surface area contributed by atoms with E-state index in [2.05, 4.69) is 15.4 Å². The average Bonchev–Trinajstić information content (AvgIpc) is 3.19. The summed E-state index contributed by atoms with van der Waals surface area (Å²) in [5, 5.41) is 7.52. The standard InChI is InChI=1S/C19H15N5O2/c1-23-12-20-17-10-13(6-7-16(17)19(23)26)18(25)22-14-4-2-5-15(11-14)24-9-3-8-21-24/h2-12H,1H3,(H,22,25). The molecule has 4 rings (SSSR count). The summed E-state index contributed by atoms with van der Waals surface area (Å²) in [6.07, 6.45) is 4.97. The summed E-state index contributed by atoms with van der Waals surface area (Å²) in [5.74, 6) is -0.271. The molecule has 0 unspecified atom stereocenters. The molecule has 0 bridgehead atoms. The summed E-state index contributed by atoms with van der Waals surface area (Å²) in [4.78, 5) is 28.8. The smallest absolute Gasteiger partial charge is 0.260 e. The maximum absolute atomic E-state index is 12.6. The zero-order valence-corrected chi connectivity index (χ0v) is 14.0. The maximum Gasteiger partial charge on any atom is 0.260 e. The third-order valence-corrected chi connectivity index (χ3v) is 4.05. The van der Waals surface area contributed by atoms with Crippen LogP contribution in [0.25, 0.3) is 16.6 Å². The van der Waals surface area contributed by atoms with Crippen molar-refractivity contribution in [1.82, 2.24) is 19.3 Å². The molecular weight excluding hydrogens is 330 g/mol. The molecule has 0 saturated carbocycles. The van der Waals surface area contributed by atoms with Crippen molar-refractivity contribution in [2.24, 2.45) is 7.05 Å². The molecule has 0 aliphatic rings. The molecule has 0 fully saturated rings. The van der Waals surface area contributed by atoms with Crippen LogP contribution in [0, 0.1) is 0 Å². The van der Waals surface area contributed by atoms with Gasteiger partial charge >= 0.3 is 0 Å². The van der Waals surface area contributed by atoms with Gasteiger partial charge in [-0.05, 0) is 42.5 Å². The summed E-state index contributed by atoms with van der Waals surface area (Å²) in [6, 6.07) is 14.1. The van der Waals surface area contributed by atoms with Crippen LogP contribution >= 0.6 is 0 Å². The summed E-state index contributed by atoms with van der Waals surface area (Å²) < 4.78 is 3.12. The first-order chi connectivity index (χ1) is 12.6. The molecule has 1 N–H and O–H groups in total. The number of nitrogens with zero attached hydrogens (tertiary/aromatic N) is 4. The molecule has 2 aromatic carbocycles. The molecule has 7 heteroatoms. The Bertz CT molecular complexity index is 1160. The van der Waals surface area contributed by atoms with Crippen LogP contribution in [-0.4, -0.2) is 25.2 Å². The van der Waals surface area contributed by atoms with Gasteiger partial charge in [-0.25, -0.2) is 9.67 Å². The molecule has 1 amide bonds. The van der Waals surface area contributed by atoms with Crippen molar-refractivity contribution in [3.05, 3.63) is 83.2 Å². The summed E-state index contributed by atoms with van der Waals surface area (Å²) >= 11 is 0. The van der Waals surface area contributed by atoms with Crippen molar-refractivity contribution in [1.29, 1.82) is 0 Å². The van der Waals surface area contributed by atoms with E-state index in [0.717, 1.165) is 5.69 Å². The number of amides is 1. The van der Waals surface area contributed by atoms with E-state index in [1.165, 1.54) is 10.9 Å². The van der Waals surface area contributed by atoms with Gasteiger partial charge in [0.15, 0.2) is 0 Å². The Labute approximate surface area is 148 Å². The Kier molecular flexibility index (Phi) is 3.81. The second kappa shape index (κ2) is 6.29. The number of rotatable bonds is 3. The van der Waals surface area contributed by atoms with E-state index in [4.69, 9.17) is 0 Å². The number of aryl methyl sites for hydroxylation is 1. The zero-order valence-electron chi connectivity index (χ0n) is 14.0. The third kappa shape index (κ3) is 2.86. The van der Waals surface area contributed by atoms with Gasteiger partial charge in [0, 0.05) is 30.7 Å². The van der Waals surface area contributed by atoms with Crippen LogP contribution in [0.3, 0.4) is 0 Å². The number of carbonyl (C=O) groups excluding carboxylic acids is 1. The Balaban J connectivity index is 1.63. The molecule has 0 saturated heterocycles. The zero-order chi connectivity index (χ0) is 18.1. The van der Waals surface area contributed by atoms with Crippen molar-refractivity contribution in [2.45, 2.75) is 0 Å². The predicted molar refractivity (Wildman–Crippen MR) is 98.5 cm³/mol. The molecule has 7 nitrogen and oxygen atoms in total. The van der Waals surface area contributed by atoms with Crippen LogP contribution in [0.1, 0.15) is 10.4 Å². The Hall–Kier alpha value is -3.74. The van der Waals surface area contributed by atoms with Gasteiger partial charge in [0.2, 0.25) is 0 Å². The largest absolute Gasteiger partial charge is 0.322 e. The Morgan fingerprint density at radius 1 is 1.12 bits per heavy atom. The van der Waals surface area contributed by atoms with Crippen molar-refractivity contribution in [3.8, 4) is 5.69 Å². The topological polar surface area (TPSA) is 81.8 Å². The van der Waals surface area contributed by atoms with Crippen LogP contribution < -0.4 is 10.9 Å². The van der Waals surface area contributed by atoms with Gasteiger partial charge in [-0.2, -0.15) is 5.10 Å². The van der Waals surface area contributed by atoms with Crippen molar-refractivity contribution in [2.75, 3.05) is 5.32 Å². The summed E-state index contributed by atoms with van der Waals surface area (Å²) in [5.41, 5.74) is 2.28. The molecule has 2 aromatic heterocycles. The van der Waals surface area contributed by atoms with E-state index in [-0.39, 0.29) is 11.5 Å². The Morgan fingerprint density at radius 2 is 2.00 bits per heavy atom. The SMILES string of the molecule is Cn1cnc2cc(C(=O)Nc3cccc(-n4cccn4)c3)ccc2c1=O. The van der Waals surface area contributed by atoms with Crippen LogP contribution in [0.5, 0.6) is 0 Å². The van der Waals surface area contributed by atoms with Gasteiger partial charge in [0.1, 0.15) is 0 Å². The maximum atomic E-state index is 12.6. The van der Waals surface area contributed by atoms with Gasteiger partial charge in [-0.1, -0.05) is 6.07 Å². The molecule has 0 spiro atoms. The first-order valence-corrected chi connectivity index (χ1v) is 7.99. The molecule has 26 heavy (non-hydrogen) atoms.